The zero-order chi connectivity index (χ0) is 14.8. The molecule has 5 nitrogen and oxygen atoms in total. The van der Waals surface area contributed by atoms with Crippen molar-refractivity contribution in [1.29, 1.82) is 0 Å². The molecule has 108 valence electrons. The largest absolute Gasteiger partial charge is 0.349 e. The number of aryl methyl sites for hydroxylation is 1. The summed E-state index contributed by atoms with van der Waals surface area (Å²) in [6.45, 7) is 2.32. The van der Waals surface area contributed by atoms with Gasteiger partial charge in [0, 0.05) is 23.2 Å². The Labute approximate surface area is 126 Å². The first-order valence-corrected chi connectivity index (χ1v) is 7.59. The minimum absolute atomic E-state index is 0.126. The number of aromatic nitrogens is 1. The lowest BCUT2D eigenvalue weighted by atomic mass is 9.90. The van der Waals surface area contributed by atoms with Crippen molar-refractivity contribution in [3.05, 3.63) is 45.9 Å². The number of thiazole rings is 1. The number of hydrogen-bond acceptors (Lipinski definition) is 4. The molecule has 1 aliphatic rings. The van der Waals surface area contributed by atoms with Crippen molar-refractivity contribution in [2.24, 2.45) is 0 Å². The fourth-order valence-corrected chi connectivity index (χ4v) is 3.13. The number of carbonyl (C=O) groups is 2. The van der Waals surface area contributed by atoms with Gasteiger partial charge in [-0.15, -0.1) is 11.3 Å². The summed E-state index contributed by atoms with van der Waals surface area (Å²) in [7, 11) is 0. The number of amides is 2. The topological polar surface area (TPSA) is 71.1 Å². The van der Waals surface area contributed by atoms with E-state index in [2.05, 4.69) is 15.6 Å². The molecule has 0 saturated heterocycles. The Kier molecular flexibility index (Phi) is 3.70. The number of para-hydroxylation sites is 1. The van der Waals surface area contributed by atoms with Gasteiger partial charge in [0.2, 0.25) is 11.8 Å². The number of anilines is 1. The summed E-state index contributed by atoms with van der Waals surface area (Å²) in [5.41, 5.74) is 2.54. The van der Waals surface area contributed by atoms with E-state index in [9.17, 15) is 9.59 Å². The third kappa shape index (κ3) is 2.95. The first-order valence-electron chi connectivity index (χ1n) is 6.71. The highest BCUT2D eigenvalue weighted by Gasteiger charge is 2.30. The van der Waals surface area contributed by atoms with Gasteiger partial charge in [-0.05, 0) is 18.6 Å². The van der Waals surface area contributed by atoms with Gasteiger partial charge < -0.3 is 10.6 Å². The molecule has 0 fully saturated rings. The molecule has 1 aliphatic heterocycles. The van der Waals surface area contributed by atoms with E-state index in [0.29, 0.717) is 6.54 Å². The van der Waals surface area contributed by atoms with Crippen LogP contribution in [0.1, 0.15) is 28.6 Å². The summed E-state index contributed by atoms with van der Waals surface area (Å²) in [6.07, 6.45) is 0.180. The van der Waals surface area contributed by atoms with Crippen molar-refractivity contribution in [2.75, 3.05) is 5.32 Å². The molecule has 1 aromatic heterocycles. The van der Waals surface area contributed by atoms with Crippen LogP contribution in [0.4, 0.5) is 5.69 Å². The van der Waals surface area contributed by atoms with Crippen molar-refractivity contribution in [2.45, 2.75) is 25.8 Å². The second-order valence-corrected chi connectivity index (χ2v) is 5.94. The smallest absolute Gasteiger partial charge is 0.228 e. The highest BCUT2D eigenvalue weighted by atomic mass is 32.1. The second-order valence-electron chi connectivity index (χ2n) is 4.99. The highest BCUT2D eigenvalue weighted by molar-refractivity contribution is 7.09. The molecule has 0 bridgehead atoms. The van der Waals surface area contributed by atoms with Gasteiger partial charge in [-0.25, -0.2) is 4.98 Å². The van der Waals surface area contributed by atoms with Crippen molar-refractivity contribution >= 4 is 28.8 Å². The van der Waals surface area contributed by atoms with E-state index >= 15 is 0 Å². The fourth-order valence-electron chi connectivity index (χ4n) is 2.42. The second kappa shape index (κ2) is 5.65. The Morgan fingerprint density at radius 2 is 2.29 bits per heavy atom. The molecule has 0 saturated carbocycles. The normalized spacial score (nSPS) is 17.0. The van der Waals surface area contributed by atoms with E-state index < -0.39 is 5.92 Å². The van der Waals surface area contributed by atoms with Crippen molar-refractivity contribution < 1.29 is 9.59 Å². The Morgan fingerprint density at radius 3 is 3.05 bits per heavy atom. The summed E-state index contributed by atoms with van der Waals surface area (Å²) in [5.74, 6) is -0.694. The lowest BCUT2D eigenvalue weighted by molar-refractivity contribution is -0.126. The van der Waals surface area contributed by atoms with E-state index in [0.717, 1.165) is 22.0 Å². The average molecular weight is 301 g/mol. The van der Waals surface area contributed by atoms with Crippen LogP contribution in [0.2, 0.25) is 0 Å². The standard InChI is InChI=1S/C15H15N3O2S/c1-9-8-21-14(17-9)7-16-15(20)11-6-13(19)18-12-5-3-2-4-10(11)12/h2-5,8,11H,6-7H2,1H3,(H,16,20)(H,18,19). The van der Waals surface area contributed by atoms with Gasteiger partial charge in [-0.1, -0.05) is 18.2 Å². The Morgan fingerprint density at radius 1 is 1.48 bits per heavy atom. The van der Waals surface area contributed by atoms with E-state index in [1.165, 1.54) is 11.3 Å². The summed E-state index contributed by atoms with van der Waals surface area (Å²) >= 11 is 1.52. The molecule has 1 unspecified atom stereocenters. The first-order chi connectivity index (χ1) is 10.1. The predicted octanol–water partition coefficient (Wildman–Crippen LogP) is 2.19. The van der Waals surface area contributed by atoms with E-state index in [4.69, 9.17) is 0 Å². The van der Waals surface area contributed by atoms with E-state index in [1.54, 1.807) is 0 Å². The van der Waals surface area contributed by atoms with Crippen molar-refractivity contribution in [3.63, 3.8) is 0 Å². The number of fused-ring (bicyclic) bond motifs is 1. The Bertz CT molecular complexity index is 696. The van der Waals surface area contributed by atoms with Gasteiger partial charge in [0.25, 0.3) is 0 Å². The molecular weight excluding hydrogens is 286 g/mol. The fraction of sp³-hybridized carbons (Fsp3) is 0.267. The lowest BCUT2D eigenvalue weighted by Gasteiger charge is -2.24. The maximum Gasteiger partial charge on any atom is 0.228 e. The molecule has 3 rings (SSSR count). The summed E-state index contributed by atoms with van der Waals surface area (Å²) < 4.78 is 0. The number of hydrogen-bond donors (Lipinski definition) is 2. The van der Waals surface area contributed by atoms with Crippen LogP contribution in [-0.2, 0) is 16.1 Å². The van der Waals surface area contributed by atoms with E-state index in [1.807, 2.05) is 36.6 Å². The average Bonchev–Trinajstić information content (AvgIpc) is 2.89. The molecule has 1 atom stereocenters. The van der Waals surface area contributed by atoms with Crippen LogP contribution in [0.5, 0.6) is 0 Å². The minimum Gasteiger partial charge on any atom is -0.349 e. The number of benzene rings is 1. The SMILES string of the molecule is Cc1csc(CNC(=O)C2CC(=O)Nc3ccccc32)n1. The van der Waals surface area contributed by atoms with Crippen LogP contribution in [0.15, 0.2) is 29.6 Å². The van der Waals surface area contributed by atoms with Crippen LogP contribution in [0.25, 0.3) is 0 Å². The Hall–Kier alpha value is -2.21. The molecule has 0 radical (unpaired) electrons. The quantitative estimate of drug-likeness (QED) is 0.913. The lowest BCUT2D eigenvalue weighted by Crippen LogP contribution is -2.34. The maximum absolute atomic E-state index is 12.4. The molecule has 2 aromatic rings. The molecule has 2 heterocycles. The maximum atomic E-state index is 12.4. The minimum atomic E-state index is -0.434. The van der Waals surface area contributed by atoms with Crippen LogP contribution >= 0.6 is 11.3 Å². The summed E-state index contributed by atoms with van der Waals surface area (Å²) in [4.78, 5) is 28.4. The van der Waals surface area contributed by atoms with Gasteiger partial charge in [0.1, 0.15) is 5.01 Å². The van der Waals surface area contributed by atoms with Gasteiger partial charge in [-0.2, -0.15) is 0 Å². The molecule has 1 aromatic carbocycles. The third-order valence-corrected chi connectivity index (χ3v) is 4.36. The molecule has 2 N–H and O–H groups in total. The van der Waals surface area contributed by atoms with Gasteiger partial charge >= 0.3 is 0 Å². The van der Waals surface area contributed by atoms with Crippen LogP contribution in [0.3, 0.4) is 0 Å². The van der Waals surface area contributed by atoms with Gasteiger partial charge in [0.15, 0.2) is 0 Å². The zero-order valence-corrected chi connectivity index (χ0v) is 12.4. The van der Waals surface area contributed by atoms with Gasteiger partial charge in [-0.3, -0.25) is 9.59 Å². The van der Waals surface area contributed by atoms with Crippen LogP contribution < -0.4 is 10.6 Å². The molecule has 0 spiro atoms. The molecule has 2 amide bonds. The number of nitrogens with one attached hydrogen (secondary N) is 2. The molecular formula is C15H15N3O2S. The first kappa shape index (κ1) is 13.8. The summed E-state index contributed by atoms with van der Waals surface area (Å²) in [5, 5.41) is 8.48. The molecule has 21 heavy (non-hydrogen) atoms. The Balaban J connectivity index is 1.74. The highest BCUT2D eigenvalue weighted by Crippen LogP contribution is 2.32. The predicted molar refractivity (Wildman–Crippen MR) is 81.1 cm³/mol. The molecule has 0 aliphatic carbocycles. The molecule has 6 heteroatoms. The van der Waals surface area contributed by atoms with E-state index in [-0.39, 0.29) is 18.2 Å². The van der Waals surface area contributed by atoms with Crippen molar-refractivity contribution in [1.82, 2.24) is 10.3 Å². The zero-order valence-electron chi connectivity index (χ0n) is 11.6. The summed E-state index contributed by atoms with van der Waals surface area (Å²) in [6, 6.07) is 7.42. The van der Waals surface area contributed by atoms with Crippen molar-refractivity contribution in [3.8, 4) is 0 Å². The van der Waals surface area contributed by atoms with Gasteiger partial charge in [0.05, 0.1) is 12.5 Å². The van der Waals surface area contributed by atoms with Crippen LogP contribution in [-0.4, -0.2) is 16.8 Å². The number of nitrogens with zero attached hydrogens (tertiary/aromatic N) is 1. The third-order valence-electron chi connectivity index (χ3n) is 3.40. The van der Waals surface area contributed by atoms with Crippen LogP contribution in [0, 0.1) is 6.92 Å². The number of rotatable bonds is 3. The number of carbonyl (C=O) groups excluding carboxylic acids is 2. The monoisotopic (exact) mass is 301 g/mol.